The zero-order valence-electron chi connectivity index (χ0n) is 12.2. The van der Waals surface area contributed by atoms with E-state index >= 15 is 0 Å². The van der Waals surface area contributed by atoms with Gasteiger partial charge in [-0.2, -0.15) is 0 Å². The number of amides is 2. The Balaban J connectivity index is 2.71. The van der Waals surface area contributed by atoms with Crippen molar-refractivity contribution in [2.24, 2.45) is 0 Å². The number of rotatable bonds is 6. The molecule has 2 amide bonds. The highest BCUT2D eigenvalue weighted by Crippen LogP contribution is 2.18. The van der Waals surface area contributed by atoms with Crippen LogP contribution < -0.4 is 5.32 Å². The average molecular weight is 284 g/mol. The molecule has 0 spiro atoms. The summed E-state index contributed by atoms with van der Waals surface area (Å²) in [5, 5.41) is 11.6. The summed E-state index contributed by atoms with van der Waals surface area (Å²) in [4.78, 5) is 36.8. The number of likely N-dealkylation sites (tertiary alicyclic amines) is 1. The number of carboxylic acid groups (broad SMARTS) is 1. The maximum atomic E-state index is 12.3. The summed E-state index contributed by atoms with van der Waals surface area (Å²) in [6.45, 7) is 4.22. The number of carbonyl (C=O) groups is 3. The second kappa shape index (κ2) is 7.87. The second-order valence-electron chi connectivity index (χ2n) is 5.14. The molecule has 0 saturated carbocycles. The van der Waals surface area contributed by atoms with Gasteiger partial charge in [-0.05, 0) is 25.7 Å². The summed E-state index contributed by atoms with van der Waals surface area (Å²) >= 11 is 0. The van der Waals surface area contributed by atoms with Crippen LogP contribution >= 0.6 is 0 Å². The third kappa shape index (κ3) is 4.21. The molecular formula is C14H24N2O4. The standard InChI is InChI=1S/C14H24N2O4/c1-3-7-10(14(19)20)15-13(18)11-8-5-6-9-16(11)12(17)4-2/h10-11H,3-9H2,1-2H3,(H,15,18)(H,19,20). The van der Waals surface area contributed by atoms with Gasteiger partial charge in [-0.25, -0.2) is 4.79 Å². The molecule has 1 rings (SSSR count). The van der Waals surface area contributed by atoms with E-state index in [-0.39, 0.29) is 11.8 Å². The molecular weight excluding hydrogens is 260 g/mol. The fraction of sp³-hybridized carbons (Fsp3) is 0.786. The first-order valence-corrected chi connectivity index (χ1v) is 7.33. The zero-order valence-corrected chi connectivity index (χ0v) is 12.2. The van der Waals surface area contributed by atoms with Gasteiger partial charge in [0.15, 0.2) is 0 Å². The molecule has 0 bridgehead atoms. The van der Waals surface area contributed by atoms with E-state index in [9.17, 15) is 14.4 Å². The van der Waals surface area contributed by atoms with Crippen molar-refractivity contribution < 1.29 is 19.5 Å². The van der Waals surface area contributed by atoms with Gasteiger partial charge < -0.3 is 15.3 Å². The predicted octanol–water partition coefficient (Wildman–Crippen LogP) is 1.15. The van der Waals surface area contributed by atoms with Crippen molar-refractivity contribution in [2.75, 3.05) is 6.54 Å². The van der Waals surface area contributed by atoms with Crippen molar-refractivity contribution in [1.29, 1.82) is 0 Å². The van der Waals surface area contributed by atoms with E-state index in [2.05, 4.69) is 5.32 Å². The van der Waals surface area contributed by atoms with E-state index in [0.29, 0.717) is 32.2 Å². The predicted molar refractivity (Wildman–Crippen MR) is 74.1 cm³/mol. The topological polar surface area (TPSA) is 86.7 Å². The molecule has 20 heavy (non-hydrogen) atoms. The van der Waals surface area contributed by atoms with Crippen molar-refractivity contribution in [3.63, 3.8) is 0 Å². The van der Waals surface area contributed by atoms with Crippen LogP contribution in [0.1, 0.15) is 52.4 Å². The molecule has 0 aromatic rings. The number of nitrogens with zero attached hydrogens (tertiary/aromatic N) is 1. The summed E-state index contributed by atoms with van der Waals surface area (Å²) in [5.74, 6) is -1.41. The number of piperidine rings is 1. The summed E-state index contributed by atoms with van der Waals surface area (Å²) < 4.78 is 0. The highest BCUT2D eigenvalue weighted by atomic mass is 16.4. The van der Waals surface area contributed by atoms with Gasteiger partial charge in [-0.3, -0.25) is 9.59 Å². The molecule has 0 aliphatic carbocycles. The maximum absolute atomic E-state index is 12.3. The van der Waals surface area contributed by atoms with Crippen LogP contribution in [0, 0.1) is 0 Å². The average Bonchev–Trinajstić information content (AvgIpc) is 2.45. The Morgan fingerprint density at radius 1 is 1.30 bits per heavy atom. The monoisotopic (exact) mass is 284 g/mol. The van der Waals surface area contributed by atoms with E-state index < -0.39 is 18.1 Å². The lowest BCUT2D eigenvalue weighted by molar-refractivity contribution is -0.145. The molecule has 1 saturated heterocycles. The quantitative estimate of drug-likeness (QED) is 0.766. The number of carbonyl (C=O) groups excluding carboxylic acids is 2. The van der Waals surface area contributed by atoms with E-state index in [4.69, 9.17) is 5.11 Å². The zero-order chi connectivity index (χ0) is 15.1. The normalized spacial score (nSPS) is 20.3. The third-order valence-corrected chi connectivity index (χ3v) is 3.62. The summed E-state index contributed by atoms with van der Waals surface area (Å²) in [5.41, 5.74) is 0. The Morgan fingerprint density at radius 2 is 2.00 bits per heavy atom. The molecule has 2 unspecified atom stereocenters. The van der Waals surface area contributed by atoms with Crippen molar-refractivity contribution in [1.82, 2.24) is 10.2 Å². The lowest BCUT2D eigenvalue weighted by Crippen LogP contribution is -2.54. The third-order valence-electron chi connectivity index (χ3n) is 3.62. The van der Waals surface area contributed by atoms with Crippen molar-refractivity contribution in [2.45, 2.75) is 64.5 Å². The van der Waals surface area contributed by atoms with Crippen LogP contribution in [0.15, 0.2) is 0 Å². The highest BCUT2D eigenvalue weighted by Gasteiger charge is 2.33. The van der Waals surface area contributed by atoms with Crippen LogP contribution in [0.5, 0.6) is 0 Å². The van der Waals surface area contributed by atoms with Crippen molar-refractivity contribution in [3.8, 4) is 0 Å². The van der Waals surface area contributed by atoms with Gasteiger partial charge in [0, 0.05) is 13.0 Å². The molecule has 1 fully saturated rings. The van der Waals surface area contributed by atoms with Crippen molar-refractivity contribution in [3.05, 3.63) is 0 Å². The van der Waals surface area contributed by atoms with Crippen LogP contribution in [0.4, 0.5) is 0 Å². The molecule has 0 aromatic carbocycles. The van der Waals surface area contributed by atoms with Gasteiger partial charge in [-0.1, -0.05) is 20.3 Å². The minimum atomic E-state index is -1.02. The Labute approximate surface area is 119 Å². The molecule has 6 heteroatoms. The van der Waals surface area contributed by atoms with Crippen LogP contribution in [0.25, 0.3) is 0 Å². The smallest absolute Gasteiger partial charge is 0.326 e. The van der Waals surface area contributed by atoms with Gasteiger partial charge in [0.1, 0.15) is 12.1 Å². The van der Waals surface area contributed by atoms with Gasteiger partial charge in [0.25, 0.3) is 0 Å². The van der Waals surface area contributed by atoms with Crippen LogP contribution in [0.2, 0.25) is 0 Å². The maximum Gasteiger partial charge on any atom is 0.326 e. The number of carboxylic acids is 1. The Morgan fingerprint density at radius 3 is 2.55 bits per heavy atom. The van der Waals surface area contributed by atoms with Gasteiger partial charge in [0.2, 0.25) is 11.8 Å². The first-order chi connectivity index (χ1) is 9.51. The van der Waals surface area contributed by atoms with Crippen LogP contribution in [-0.4, -0.2) is 46.4 Å². The first-order valence-electron chi connectivity index (χ1n) is 7.33. The van der Waals surface area contributed by atoms with Crippen LogP contribution in [-0.2, 0) is 14.4 Å². The van der Waals surface area contributed by atoms with E-state index in [1.807, 2.05) is 6.92 Å². The number of nitrogens with one attached hydrogen (secondary N) is 1. The Hall–Kier alpha value is -1.59. The fourth-order valence-corrected chi connectivity index (χ4v) is 2.52. The number of hydrogen-bond acceptors (Lipinski definition) is 3. The van der Waals surface area contributed by atoms with Gasteiger partial charge in [0.05, 0.1) is 0 Å². The van der Waals surface area contributed by atoms with E-state index in [0.717, 1.165) is 12.8 Å². The molecule has 2 atom stereocenters. The molecule has 1 aliphatic heterocycles. The molecule has 0 aromatic heterocycles. The SMILES string of the molecule is CCCC(NC(=O)C1CCCCN1C(=O)CC)C(=O)O. The van der Waals surface area contributed by atoms with E-state index in [1.54, 1.807) is 11.8 Å². The first kappa shape index (κ1) is 16.5. The fourth-order valence-electron chi connectivity index (χ4n) is 2.52. The summed E-state index contributed by atoms with van der Waals surface area (Å²) in [6, 6.07) is -1.39. The molecule has 1 aliphatic rings. The van der Waals surface area contributed by atoms with Gasteiger partial charge >= 0.3 is 5.97 Å². The second-order valence-corrected chi connectivity index (χ2v) is 5.14. The summed E-state index contributed by atoms with van der Waals surface area (Å²) in [6.07, 6.45) is 3.83. The Bertz CT molecular complexity index is 370. The van der Waals surface area contributed by atoms with Crippen molar-refractivity contribution >= 4 is 17.8 Å². The minimum Gasteiger partial charge on any atom is -0.480 e. The van der Waals surface area contributed by atoms with Crippen LogP contribution in [0.3, 0.4) is 0 Å². The molecule has 6 nitrogen and oxygen atoms in total. The molecule has 2 N–H and O–H groups in total. The lowest BCUT2D eigenvalue weighted by Gasteiger charge is -2.35. The Kier molecular flexibility index (Phi) is 6.48. The molecule has 0 radical (unpaired) electrons. The minimum absolute atomic E-state index is 0.0489. The number of aliphatic carboxylic acids is 1. The molecule has 1 heterocycles. The van der Waals surface area contributed by atoms with E-state index in [1.165, 1.54) is 0 Å². The summed E-state index contributed by atoms with van der Waals surface area (Å²) in [7, 11) is 0. The largest absolute Gasteiger partial charge is 0.480 e. The lowest BCUT2D eigenvalue weighted by atomic mass is 10.00. The molecule has 114 valence electrons. The number of hydrogen-bond donors (Lipinski definition) is 2. The highest BCUT2D eigenvalue weighted by molar-refractivity contribution is 5.90. The van der Waals surface area contributed by atoms with Gasteiger partial charge in [-0.15, -0.1) is 0 Å².